The van der Waals surface area contributed by atoms with Crippen molar-refractivity contribution in [3.63, 3.8) is 0 Å². The van der Waals surface area contributed by atoms with Crippen LogP contribution in [0.2, 0.25) is 0 Å². The third-order valence-electron chi connectivity index (χ3n) is 3.53. The second-order valence-corrected chi connectivity index (χ2v) is 4.98. The topological polar surface area (TPSA) is 45.4 Å². The van der Waals surface area contributed by atoms with Gasteiger partial charge in [0.25, 0.3) is 0 Å². The highest BCUT2D eigenvalue weighted by atomic mass is 15.3. The highest BCUT2D eigenvalue weighted by Gasteiger charge is 2.21. The van der Waals surface area contributed by atoms with E-state index in [1.165, 1.54) is 0 Å². The van der Waals surface area contributed by atoms with Gasteiger partial charge < -0.3 is 10.6 Å². The Kier molecular flexibility index (Phi) is 3.52. The van der Waals surface area contributed by atoms with Crippen molar-refractivity contribution in [3.8, 4) is 0 Å². The van der Waals surface area contributed by atoms with Crippen molar-refractivity contribution in [3.05, 3.63) is 17.8 Å². The Labute approximate surface area is 103 Å². The molecule has 0 spiro atoms. The lowest BCUT2D eigenvalue weighted by Crippen LogP contribution is -2.49. The first-order valence-corrected chi connectivity index (χ1v) is 6.29. The maximum Gasteiger partial charge on any atom is 0.152 e. The van der Waals surface area contributed by atoms with E-state index in [-0.39, 0.29) is 0 Å². The average molecular weight is 234 g/mol. The molecule has 1 aliphatic heterocycles. The highest BCUT2D eigenvalue weighted by Crippen LogP contribution is 2.24. The zero-order chi connectivity index (χ0) is 12.4. The molecule has 0 bridgehead atoms. The summed E-state index contributed by atoms with van der Waals surface area (Å²) in [6, 6.07) is 2.59. The van der Waals surface area contributed by atoms with Gasteiger partial charge in [0.1, 0.15) is 0 Å². The number of aromatic nitrogens is 1. The molecule has 94 valence electrons. The van der Waals surface area contributed by atoms with E-state index in [9.17, 15) is 0 Å². The van der Waals surface area contributed by atoms with Crippen LogP contribution >= 0.6 is 0 Å². The summed E-state index contributed by atoms with van der Waals surface area (Å²) < 4.78 is 0. The van der Waals surface area contributed by atoms with Gasteiger partial charge in [-0.2, -0.15) is 0 Å². The fraction of sp³-hybridized carbons (Fsp3) is 0.615. The second-order valence-electron chi connectivity index (χ2n) is 4.98. The van der Waals surface area contributed by atoms with E-state index in [0.717, 1.165) is 43.2 Å². The van der Waals surface area contributed by atoms with Crippen LogP contribution in [0.3, 0.4) is 0 Å². The summed E-state index contributed by atoms with van der Waals surface area (Å²) in [5.41, 5.74) is 8.03. The number of hydrogen-bond donors (Lipinski definition) is 1. The van der Waals surface area contributed by atoms with Gasteiger partial charge in [-0.15, -0.1) is 0 Å². The van der Waals surface area contributed by atoms with E-state index in [1.807, 2.05) is 19.2 Å². The van der Waals surface area contributed by atoms with Gasteiger partial charge in [-0.25, -0.2) is 4.98 Å². The summed E-state index contributed by atoms with van der Waals surface area (Å²) in [6.07, 6.45) is 1.84. The summed E-state index contributed by atoms with van der Waals surface area (Å²) in [5.74, 6) is 0.952. The molecule has 1 saturated heterocycles. The third kappa shape index (κ3) is 2.52. The van der Waals surface area contributed by atoms with E-state index in [2.05, 4.69) is 28.6 Å². The van der Waals surface area contributed by atoms with Gasteiger partial charge in [-0.1, -0.05) is 0 Å². The Morgan fingerprint density at radius 1 is 1.24 bits per heavy atom. The average Bonchev–Trinajstić information content (AvgIpc) is 2.33. The van der Waals surface area contributed by atoms with Crippen molar-refractivity contribution in [1.29, 1.82) is 0 Å². The molecule has 2 N–H and O–H groups in total. The lowest BCUT2D eigenvalue weighted by molar-refractivity contribution is 0.209. The molecule has 1 aliphatic rings. The van der Waals surface area contributed by atoms with E-state index in [0.29, 0.717) is 6.04 Å². The molecule has 0 saturated carbocycles. The predicted molar refractivity (Wildman–Crippen MR) is 72.3 cm³/mol. The van der Waals surface area contributed by atoms with Gasteiger partial charge in [-0.3, -0.25) is 4.90 Å². The number of anilines is 2. The van der Waals surface area contributed by atoms with Crippen molar-refractivity contribution >= 4 is 11.5 Å². The van der Waals surface area contributed by atoms with Crippen molar-refractivity contribution in [1.82, 2.24) is 9.88 Å². The summed E-state index contributed by atoms with van der Waals surface area (Å²) in [6.45, 7) is 10.7. The maximum atomic E-state index is 6.09. The van der Waals surface area contributed by atoms with Crippen LogP contribution in [0.1, 0.15) is 19.4 Å². The van der Waals surface area contributed by atoms with E-state index in [1.54, 1.807) is 0 Å². The molecular formula is C13H22N4. The molecular weight excluding hydrogens is 212 g/mol. The van der Waals surface area contributed by atoms with Gasteiger partial charge in [0.15, 0.2) is 5.82 Å². The van der Waals surface area contributed by atoms with Crippen LogP contribution in [0.5, 0.6) is 0 Å². The molecule has 4 nitrogen and oxygen atoms in total. The minimum atomic E-state index is 0.625. The molecule has 0 radical (unpaired) electrons. The summed E-state index contributed by atoms with van der Waals surface area (Å²) >= 11 is 0. The first-order valence-electron chi connectivity index (χ1n) is 6.29. The molecule has 0 atom stereocenters. The lowest BCUT2D eigenvalue weighted by Gasteiger charge is -2.38. The fourth-order valence-corrected chi connectivity index (χ4v) is 2.26. The molecule has 17 heavy (non-hydrogen) atoms. The number of hydrogen-bond acceptors (Lipinski definition) is 4. The van der Waals surface area contributed by atoms with E-state index in [4.69, 9.17) is 5.73 Å². The molecule has 1 fully saturated rings. The molecule has 0 aromatic carbocycles. The number of nitrogens with zero attached hydrogens (tertiary/aromatic N) is 3. The molecule has 4 heteroatoms. The molecule has 2 heterocycles. The highest BCUT2D eigenvalue weighted by molar-refractivity contribution is 5.66. The van der Waals surface area contributed by atoms with Crippen LogP contribution in [0.4, 0.5) is 11.5 Å². The molecule has 1 aromatic rings. The first-order chi connectivity index (χ1) is 8.09. The van der Waals surface area contributed by atoms with Crippen LogP contribution < -0.4 is 10.6 Å². The molecule has 0 amide bonds. The Hall–Kier alpha value is -1.29. The van der Waals surface area contributed by atoms with Crippen molar-refractivity contribution < 1.29 is 0 Å². The normalized spacial score (nSPS) is 17.8. The van der Waals surface area contributed by atoms with E-state index >= 15 is 0 Å². The largest absolute Gasteiger partial charge is 0.396 e. The standard InChI is InChI=1S/C13H22N4/c1-10(2)16-6-8-17(9-7-16)13-12(14)11(3)4-5-15-13/h4-5,10H,6-9,14H2,1-3H3. The second kappa shape index (κ2) is 4.92. The summed E-state index contributed by atoms with van der Waals surface area (Å²) in [4.78, 5) is 9.20. The number of nitrogen functional groups attached to an aromatic ring is 1. The monoisotopic (exact) mass is 234 g/mol. The van der Waals surface area contributed by atoms with Crippen molar-refractivity contribution in [2.75, 3.05) is 36.8 Å². The maximum absolute atomic E-state index is 6.09. The number of rotatable bonds is 2. The molecule has 1 aromatic heterocycles. The van der Waals surface area contributed by atoms with Gasteiger partial charge in [-0.05, 0) is 32.4 Å². The Bertz CT molecular complexity index is 381. The summed E-state index contributed by atoms with van der Waals surface area (Å²) in [5, 5.41) is 0. The fourth-order valence-electron chi connectivity index (χ4n) is 2.26. The number of piperazine rings is 1. The Morgan fingerprint density at radius 2 is 1.88 bits per heavy atom. The van der Waals surface area contributed by atoms with Gasteiger partial charge in [0.05, 0.1) is 5.69 Å². The Balaban J connectivity index is 2.08. The predicted octanol–water partition coefficient (Wildman–Crippen LogP) is 1.50. The zero-order valence-corrected chi connectivity index (χ0v) is 11.0. The van der Waals surface area contributed by atoms with Gasteiger partial charge in [0.2, 0.25) is 0 Å². The summed E-state index contributed by atoms with van der Waals surface area (Å²) in [7, 11) is 0. The number of pyridine rings is 1. The third-order valence-corrected chi connectivity index (χ3v) is 3.53. The van der Waals surface area contributed by atoms with Crippen molar-refractivity contribution in [2.24, 2.45) is 0 Å². The first kappa shape index (κ1) is 12.2. The van der Waals surface area contributed by atoms with Crippen LogP contribution in [-0.4, -0.2) is 42.1 Å². The molecule has 0 aliphatic carbocycles. The van der Waals surface area contributed by atoms with Crippen LogP contribution in [0.15, 0.2) is 12.3 Å². The van der Waals surface area contributed by atoms with E-state index < -0.39 is 0 Å². The van der Waals surface area contributed by atoms with Gasteiger partial charge >= 0.3 is 0 Å². The van der Waals surface area contributed by atoms with Crippen molar-refractivity contribution in [2.45, 2.75) is 26.8 Å². The molecule has 2 rings (SSSR count). The SMILES string of the molecule is Cc1ccnc(N2CCN(C(C)C)CC2)c1N. The van der Waals surface area contributed by atoms with Gasteiger partial charge in [0, 0.05) is 38.4 Å². The van der Waals surface area contributed by atoms with Crippen LogP contribution in [-0.2, 0) is 0 Å². The quantitative estimate of drug-likeness (QED) is 0.842. The van der Waals surface area contributed by atoms with Crippen LogP contribution in [0.25, 0.3) is 0 Å². The lowest BCUT2D eigenvalue weighted by atomic mass is 10.2. The minimum Gasteiger partial charge on any atom is -0.396 e. The smallest absolute Gasteiger partial charge is 0.152 e. The number of nitrogens with two attached hydrogens (primary N) is 1. The molecule has 0 unspecified atom stereocenters. The Morgan fingerprint density at radius 3 is 2.47 bits per heavy atom. The van der Waals surface area contributed by atoms with Crippen LogP contribution in [0, 0.1) is 6.92 Å². The zero-order valence-electron chi connectivity index (χ0n) is 11.0. The minimum absolute atomic E-state index is 0.625. The number of aryl methyl sites for hydroxylation is 1.